The second-order valence-corrected chi connectivity index (χ2v) is 4.05. The van der Waals surface area contributed by atoms with Crippen LogP contribution < -0.4 is 0 Å². The van der Waals surface area contributed by atoms with Crippen LogP contribution >= 0.6 is 23.2 Å². The van der Waals surface area contributed by atoms with Crippen molar-refractivity contribution in [3.05, 3.63) is 39.8 Å². The first kappa shape index (κ1) is 12.8. The molecule has 0 saturated carbocycles. The minimum Gasteiger partial charge on any atom is -0.452 e. The molecule has 0 amide bonds. The number of aromatic nitrogens is 3. The third-order valence-corrected chi connectivity index (χ3v) is 2.61. The van der Waals surface area contributed by atoms with Gasteiger partial charge in [-0.25, -0.2) is 9.78 Å². The van der Waals surface area contributed by atoms with E-state index >= 15 is 0 Å². The number of esters is 1. The van der Waals surface area contributed by atoms with E-state index in [0.717, 1.165) is 0 Å². The first-order valence-corrected chi connectivity index (χ1v) is 5.59. The maximum Gasteiger partial charge on any atom is 0.340 e. The number of carbonyl (C=O) groups excluding carboxylic acids is 1. The summed E-state index contributed by atoms with van der Waals surface area (Å²) in [6, 6.07) is 1.37. The molecule has 0 N–H and O–H groups in total. The Balaban J connectivity index is 2.01. The van der Waals surface area contributed by atoms with Crippen LogP contribution in [0.15, 0.2) is 16.7 Å². The molecule has 0 fully saturated rings. The Morgan fingerprint density at radius 1 is 1.44 bits per heavy atom. The summed E-state index contributed by atoms with van der Waals surface area (Å²) < 4.78 is 10.00. The highest BCUT2D eigenvalue weighted by Gasteiger charge is 2.12. The molecule has 0 aliphatic heterocycles. The Morgan fingerprint density at radius 2 is 2.22 bits per heavy atom. The van der Waals surface area contributed by atoms with Crippen molar-refractivity contribution < 1.29 is 13.9 Å². The van der Waals surface area contributed by atoms with Crippen LogP contribution in [0, 0.1) is 6.92 Å². The predicted octanol–water partition coefficient (Wildman–Crippen LogP) is 2.44. The van der Waals surface area contributed by atoms with Crippen molar-refractivity contribution in [1.29, 1.82) is 0 Å². The molecule has 2 aromatic heterocycles. The lowest BCUT2D eigenvalue weighted by Crippen LogP contribution is -2.06. The molecule has 0 aliphatic rings. The molecule has 0 aromatic carbocycles. The van der Waals surface area contributed by atoms with Crippen molar-refractivity contribution in [2.45, 2.75) is 13.5 Å². The van der Waals surface area contributed by atoms with Crippen molar-refractivity contribution in [3.63, 3.8) is 0 Å². The summed E-state index contributed by atoms with van der Waals surface area (Å²) in [7, 11) is 0. The number of halogens is 2. The number of ether oxygens (including phenoxy) is 1. The molecule has 0 atom stereocenters. The number of hydrogen-bond donors (Lipinski definition) is 0. The molecule has 0 saturated heterocycles. The van der Waals surface area contributed by atoms with Gasteiger partial charge < -0.3 is 9.15 Å². The number of rotatable bonds is 3. The average Bonchev–Trinajstić information content (AvgIpc) is 2.75. The molecule has 0 bridgehead atoms. The van der Waals surface area contributed by atoms with Crippen LogP contribution in [0.25, 0.3) is 0 Å². The Kier molecular flexibility index (Phi) is 3.78. The van der Waals surface area contributed by atoms with Crippen molar-refractivity contribution >= 4 is 29.2 Å². The van der Waals surface area contributed by atoms with Crippen LogP contribution in [0.2, 0.25) is 10.2 Å². The van der Waals surface area contributed by atoms with Crippen LogP contribution in [-0.2, 0) is 11.3 Å². The summed E-state index contributed by atoms with van der Waals surface area (Å²) >= 11 is 11.4. The van der Waals surface area contributed by atoms with Gasteiger partial charge in [0.15, 0.2) is 6.61 Å². The van der Waals surface area contributed by atoms with E-state index in [1.54, 1.807) is 6.92 Å². The normalized spacial score (nSPS) is 10.4. The standard InChI is InChI=1S/C10H7Cl2N3O3/c1-5-14-15-8(18-5)4-17-10(16)6-2-7(11)9(12)13-3-6/h2-3H,4H2,1H3. The van der Waals surface area contributed by atoms with Crippen LogP contribution in [0.4, 0.5) is 0 Å². The van der Waals surface area contributed by atoms with Gasteiger partial charge in [-0.15, -0.1) is 10.2 Å². The van der Waals surface area contributed by atoms with Crippen LogP contribution in [-0.4, -0.2) is 21.2 Å². The largest absolute Gasteiger partial charge is 0.452 e. The van der Waals surface area contributed by atoms with Crippen molar-refractivity contribution in [3.8, 4) is 0 Å². The lowest BCUT2D eigenvalue weighted by atomic mass is 10.3. The zero-order valence-electron chi connectivity index (χ0n) is 9.18. The van der Waals surface area contributed by atoms with Crippen LogP contribution in [0.5, 0.6) is 0 Å². The van der Waals surface area contributed by atoms with E-state index in [0.29, 0.717) is 5.89 Å². The lowest BCUT2D eigenvalue weighted by molar-refractivity contribution is 0.0436. The molecule has 2 aromatic rings. The van der Waals surface area contributed by atoms with Crippen LogP contribution in [0.3, 0.4) is 0 Å². The van der Waals surface area contributed by atoms with Crippen molar-refractivity contribution in [2.75, 3.05) is 0 Å². The second-order valence-electron chi connectivity index (χ2n) is 3.29. The topological polar surface area (TPSA) is 78.1 Å². The molecule has 94 valence electrons. The molecule has 2 heterocycles. The minimum atomic E-state index is -0.600. The van der Waals surface area contributed by atoms with Gasteiger partial charge in [-0.3, -0.25) is 0 Å². The minimum absolute atomic E-state index is 0.111. The van der Waals surface area contributed by atoms with Gasteiger partial charge in [-0.05, 0) is 6.07 Å². The van der Waals surface area contributed by atoms with E-state index in [1.165, 1.54) is 12.3 Å². The quantitative estimate of drug-likeness (QED) is 0.637. The summed E-state index contributed by atoms with van der Waals surface area (Å²) in [5.41, 5.74) is 0.195. The smallest absolute Gasteiger partial charge is 0.340 e. The van der Waals surface area contributed by atoms with Gasteiger partial charge >= 0.3 is 5.97 Å². The van der Waals surface area contributed by atoms with Gasteiger partial charge in [-0.2, -0.15) is 0 Å². The fraction of sp³-hybridized carbons (Fsp3) is 0.200. The van der Waals surface area contributed by atoms with Crippen LogP contribution in [0.1, 0.15) is 22.1 Å². The Labute approximate surface area is 112 Å². The van der Waals surface area contributed by atoms with Gasteiger partial charge in [0.25, 0.3) is 5.89 Å². The van der Waals surface area contributed by atoms with Gasteiger partial charge in [0.2, 0.25) is 5.89 Å². The molecule has 6 nitrogen and oxygen atoms in total. The van der Waals surface area contributed by atoms with E-state index in [1.807, 2.05) is 0 Å². The maximum atomic E-state index is 11.6. The highest BCUT2D eigenvalue weighted by atomic mass is 35.5. The van der Waals surface area contributed by atoms with Gasteiger partial charge in [-0.1, -0.05) is 23.2 Å². The number of pyridine rings is 1. The van der Waals surface area contributed by atoms with E-state index in [-0.39, 0.29) is 28.2 Å². The van der Waals surface area contributed by atoms with E-state index in [9.17, 15) is 4.79 Å². The zero-order chi connectivity index (χ0) is 13.1. The molecule has 0 aliphatic carbocycles. The highest BCUT2D eigenvalue weighted by molar-refractivity contribution is 6.41. The molecular weight excluding hydrogens is 281 g/mol. The third-order valence-electron chi connectivity index (χ3n) is 1.93. The van der Waals surface area contributed by atoms with E-state index in [4.69, 9.17) is 32.4 Å². The molecular formula is C10H7Cl2N3O3. The van der Waals surface area contributed by atoms with Crippen molar-refractivity contribution in [1.82, 2.24) is 15.2 Å². The number of hydrogen-bond acceptors (Lipinski definition) is 6. The van der Waals surface area contributed by atoms with Crippen molar-refractivity contribution in [2.24, 2.45) is 0 Å². The summed E-state index contributed by atoms with van der Waals surface area (Å²) in [5, 5.41) is 7.60. The number of aryl methyl sites for hydroxylation is 1. The Hall–Kier alpha value is -1.66. The van der Waals surface area contributed by atoms with E-state index < -0.39 is 5.97 Å². The second kappa shape index (κ2) is 5.32. The number of nitrogens with zero attached hydrogens (tertiary/aromatic N) is 3. The summed E-state index contributed by atoms with van der Waals surface area (Å²) in [4.78, 5) is 15.4. The Bertz CT molecular complexity index is 585. The highest BCUT2D eigenvalue weighted by Crippen LogP contribution is 2.20. The van der Waals surface area contributed by atoms with Gasteiger partial charge in [0, 0.05) is 13.1 Å². The first-order valence-electron chi connectivity index (χ1n) is 4.83. The molecule has 0 spiro atoms. The van der Waals surface area contributed by atoms with Gasteiger partial charge in [0.05, 0.1) is 10.6 Å². The summed E-state index contributed by atoms with van der Waals surface area (Å²) in [6.45, 7) is 1.53. The SMILES string of the molecule is Cc1nnc(COC(=O)c2cnc(Cl)c(Cl)c2)o1. The fourth-order valence-corrected chi connectivity index (χ4v) is 1.41. The lowest BCUT2D eigenvalue weighted by Gasteiger charge is -2.02. The molecule has 0 unspecified atom stereocenters. The Morgan fingerprint density at radius 3 is 2.83 bits per heavy atom. The number of carbonyl (C=O) groups is 1. The summed E-state index contributed by atoms with van der Waals surface area (Å²) in [6.07, 6.45) is 1.27. The molecule has 0 radical (unpaired) electrons. The fourth-order valence-electron chi connectivity index (χ4n) is 1.14. The molecule has 18 heavy (non-hydrogen) atoms. The third kappa shape index (κ3) is 2.96. The predicted molar refractivity (Wildman–Crippen MR) is 62.4 cm³/mol. The van der Waals surface area contributed by atoms with E-state index in [2.05, 4.69) is 15.2 Å². The average molecular weight is 288 g/mol. The zero-order valence-corrected chi connectivity index (χ0v) is 10.7. The monoisotopic (exact) mass is 287 g/mol. The van der Waals surface area contributed by atoms with Gasteiger partial charge in [0.1, 0.15) is 5.15 Å². The maximum absolute atomic E-state index is 11.6. The molecule has 8 heteroatoms. The summed E-state index contributed by atoms with van der Waals surface area (Å²) in [5.74, 6) is 0.0167. The first-order chi connectivity index (χ1) is 8.56. The molecule has 2 rings (SSSR count).